The summed E-state index contributed by atoms with van der Waals surface area (Å²) in [4.78, 5) is 14.1. The van der Waals surface area contributed by atoms with Gasteiger partial charge < -0.3 is 9.64 Å². The molecule has 18 heavy (non-hydrogen) atoms. The minimum atomic E-state index is 0.361. The largest absolute Gasteiger partial charge is 0.379 e. The number of hydrogen-bond donors (Lipinski definition) is 0. The maximum Gasteiger partial charge on any atom is 0.161 e. The molecule has 0 unspecified atom stereocenters. The van der Waals surface area contributed by atoms with Crippen molar-refractivity contribution in [2.75, 3.05) is 26.7 Å². The minimum Gasteiger partial charge on any atom is -0.379 e. The summed E-state index contributed by atoms with van der Waals surface area (Å²) in [5, 5.41) is 0. The zero-order valence-corrected chi connectivity index (χ0v) is 11.7. The van der Waals surface area contributed by atoms with Crippen LogP contribution >= 0.6 is 0 Å². The zero-order valence-electron chi connectivity index (χ0n) is 11.7. The Morgan fingerprint density at radius 1 is 1.33 bits per heavy atom. The first kappa shape index (κ1) is 13.8. The summed E-state index contributed by atoms with van der Waals surface area (Å²) in [7, 11) is 2.09. The molecule has 1 aliphatic carbocycles. The van der Waals surface area contributed by atoms with Crippen LogP contribution in [0.2, 0.25) is 0 Å². The van der Waals surface area contributed by atoms with Gasteiger partial charge in [0.15, 0.2) is 5.78 Å². The van der Waals surface area contributed by atoms with Crippen LogP contribution in [0.4, 0.5) is 0 Å². The van der Waals surface area contributed by atoms with Gasteiger partial charge in [0.25, 0.3) is 0 Å². The van der Waals surface area contributed by atoms with Gasteiger partial charge in [0.1, 0.15) is 0 Å². The fraction of sp³-hybridized carbons (Fsp3) is 0.800. The van der Waals surface area contributed by atoms with Crippen LogP contribution in [0.25, 0.3) is 0 Å². The van der Waals surface area contributed by atoms with Gasteiger partial charge in [0.05, 0.1) is 6.10 Å². The summed E-state index contributed by atoms with van der Waals surface area (Å²) in [6, 6.07) is 0. The number of ether oxygens (including phenoxy) is 1. The molecule has 3 heteroatoms. The van der Waals surface area contributed by atoms with Crippen LogP contribution in [0.15, 0.2) is 11.6 Å². The summed E-state index contributed by atoms with van der Waals surface area (Å²) in [6.45, 7) is 4.63. The number of allylic oxidation sites excluding steroid dienone is 1. The molecule has 3 nitrogen and oxygen atoms in total. The quantitative estimate of drug-likeness (QED) is 0.721. The van der Waals surface area contributed by atoms with E-state index in [2.05, 4.69) is 24.9 Å². The highest BCUT2D eigenvalue weighted by atomic mass is 16.5. The van der Waals surface area contributed by atoms with Gasteiger partial charge in [-0.2, -0.15) is 0 Å². The van der Waals surface area contributed by atoms with Gasteiger partial charge in [-0.3, -0.25) is 4.79 Å². The highest BCUT2D eigenvalue weighted by Gasteiger charge is 2.23. The van der Waals surface area contributed by atoms with Crippen molar-refractivity contribution < 1.29 is 9.53 Å². The number of hydrogen-bond acceptors (Lipinski definition) is 3. The molecule has 102 valence electrons. The molecular formula is C15H25NO2. The van der Waals surface area contributed by atoms with Crippen molar-refractivity contribution >= 4 is 5.78 Å². The predicted molar refractivity (Wildman–Crippen MR) is 72.6 cm³/mol. The lowest BCUT2D eigenvalue weighted by Crippen LogP contribution is -2.33. The second-order valence-corrected chi connectivity index (χ2v) is 5.59. The van der Waals surface area contributed by atoms with Crippen LogP contribution in [-0.4, -0.2) is 43.5 Å². The third-order valence-electron chi connectivity index (χ3n) is 4.08. The Labute approximate surface area is 110 Å². The van der Waals surface area contributed by atoms with E-state index in [1.165, 1.54) is 12.8 Å². The van der Waals surface area contributed by atoms with Crippen LogP contribution < -0.4 is 0 Å². The highest BCUT2D eigenvalue weighted by Crippen LogP contribution is 2.28. The van der Waals surface area contributed by atoms with E-state index in [-0.39, 0.29) is 0 Å². The summed E-state index contributed by atoms with van der Waals surface area (Å²) >= 11 is 0. The first-order valence-electron chi connectivity index (χ1n) is 7.23. The van der Waals surface area contributed by atoms with E-state index >= 15 is 0 Å². The van der Waals surface area contributed by atoms with E-state index in [4.69, 9.17) is 4.74 Å². The SMILES string of the molecule is CCOC1CCC(/C=C2\CN(C)CCC2=O)CC1. The lowest BCUT2D eigenvalue weighted by Gasteiger charge is -2.29. The van der Waals surface area contributed by atoms with Crippen molar-refractivity contribution in [1.82, 2.24) is 4.90 Å². The van der Waals surface area contributed by atoms with Crippen LogP contribution in [0.1, 0.15) is 39.0 Å². The van der Waals surface area contributed by atoms with E-state index in [0.717, 1.165) is 38.1 Å². The highest BCUT2D eigenvalue weighted by molar-refractivity contribution is 5.96. The van der Waals surface area contributed by atoms with Crippen LogP contribution in [0.5, 0.6) is 0 Å². The Kier molecular flexibility index (Phi) is 4.95. The van der Waals surface area contributed by atoms with Crippen molar-refractivity contribution in [3.63, 3.8) is 0 Å². The smallest absolute Gasteiger partial charge is 0.161 e. The van der Waals surface area contributed by atoms with E-state index in [1.54, 1.807) is 0 Å². The molecule has 1 saturated heterocycles. The van der Waals surface area contributed by atoms with E-state index < -0.39 is 0 Å². The molecule has 0 radical (unpaired) electrons. The molecule has 0 spiro atoms. The van der Waals surface area contributed by atoms with Gasteiger partial charge in [-0.1, -0.05) is 6.08 Å². The van der Waals surface area contributed by atoms with Crippen LogP contribution in [0, 0.1) is 5.92 Å². The first-order chi connectivity index (χ1) is 8.69. The van der Waals surface area contributed by atoms with Gasteiger partial charge in [-0.25, -0.2) is 0 Å². The van der Waals surface area contributed by atoms with Gasteiger partial charge >= 0.3 is 0 Å². The van der Waals surface area contributed by atoms with Gasteiger partial charge in [-0.15, -0.1) is 0 Å². The summed E-state index contributed by atoms with van der Waals surface area (Å²) < 4.78 is 5.66. The number of likely N-dealkylation sites (tertiary alicyclic amines) is 1. The number of rotatable bonds is 3. The molecule has 0 N–H and O–H groups in total. The van der Waals surface area contributed by atoms with Gasteiger partial charge in [-0.05, 0) is 45.6 Å². The third-order valence-corrected chi connectivity index (χ3v) is 4.08. The Morgan fingerprint density at radius 2 is 2.06 bits per heavy atom. The molecule has 0 atom stereocenters. The number of carbonyl (C=O) groups is 1. The third kappa shape index (κ3) is 3.66. The van der Waals surface area contributed by atoms with Crippen molar-refractivity contribution in [2.24, 2.45) is 5.92 Å². The predicted octanol–water partition coefficient (Wildman–Crippen LogP) is 2.41. The standard InChI is InChI=1S/C15H25NO2/c1-3-18-14-6-4-12(5-7-14)10-13-11-16(2)9-8-15(13)17/h10,12,14H,3-9,11H2,1-2H3/b13-10+. The normalized spacial score (nSPS) is 33.0. The Hall–Kier alpha value is -0.670. The molecule has 1 saturated carbocycles. The number of ketones is 1. The lowest BCUT2D eigenvalue weighted by atomic mass is 9.85. The summed E-state index contributed by atoms with van der Waals surface area (Å²) in [6.07, 6.45) is 8.03. The van der Waals surface area contributed by atoms with E-state index in [0.29, 0.717) is 24.2 Å². The number of likely N-dealkylation sites (N-methyl/N-ethyl adjacent to an activating group) is 1. The van der Waals surface area contributed by atoms with Crippen LogP contribution in [-0.2, 0) is 9.53 Å². The molecule has 0 amide bonds. The molecule has 2 rings (SSSR count). The molecule has 2 fully saturated rings. The topological polar surface area (TPSA) is 29.5 Å². The molecular weight excluding hydrogens is 226 g/mol. The number of nitrogens with zero attached hydrogens (tertiary/aromatic N) is 1. The molecule has 2 aliphatic rings. The average Bonchev–Trinajstić information content (AvgIpc) is 2.37. The minimum absolute atomic E-state index is 0.361. The molecule has 1 heterocycles. The molecule has 0 aromatic heterocycles. The fourth-order valence-electron chi connectivity index (χ4n) is 3.00. The fourth-order valence-corrected chi connectivity index (χ4v) is 3.00. The maximum absolute atomic E-state index is 11.9. The van der Waals surface area contributed by atoms with Crippen molar-refractivity contribution in [3.05, 3.63) is 11.6 Å². The second-order valence-electron chi connectivity index (χ2n) is 5.59. The Bertz CT molecular complexity index is 316. The molecule has 0 bridgehead atoms. The van der Waals surface area contributed by atoms with E-state index in [1.807, 2.05) is 0 Å². The first-order valence-corrected chi connectivity index (χ1v) is 7.23. The Morgan fingerprint density at radius 3 is 2.72 bits per heavy atom. The maximum atomic E-state index is 11.9. The Balaban J connectivity index is 1.87. The monoisotopic (exact) mass is 251 g/mol. The summed E-state index contributed by atoms with van der Waals surface area (Å²) in [5.41, 5.74) is 1.05. The van der Waals surface area contributed by atoms with Gasteiger partial charge in [0, 0.05) is 31.7 Å². The van der Waals surface area contributed by atoms with Crippen molar-refractivity contribution in [1.29, 1.82) is 0 Å². The molecule has 0 aromatic rings. The molecule has 0 aromatic carbocycles. The number of carbonyl (C=O) groups excluding carboxylic acids is 1. The van der Waals surface area contributed by atoms with Crippen molar-refractivity contribution in [3.8, 4) is 0 Å². The lowest BCUT2D eigenvalue weighted by molar-refractivity contribution is -0.117. The number of piperidine rings is 1. The number of Topliss-reactive ketones (excluding diaryl/α,β-unsaturated/α-hetero) is 1. The van der Waals surface area contributed by atoms with E-state index in [9.17, 15) is 4.79 Å². The second kappa shape index (κ2) is 6.48. The van der Waals surface area contributed by atoms with Crippen LogP contribution in [0.3, 0.4) is 0 Å². The average molecular weight is 251 g/mol. The molecule has 1 aliphatic heterocycles. The zero-order chi connectivity index (χ0) is 13.0. The van der Waals surface area contributed by atoms with Crippen molar-refractivity contribution in [2.45, 2.75) is 45.1 Å². The van der Waals surface area contributed by atoms with Gasteiger partial charge in [0.2, 0.25) is 0 Å². The summed E-state index contributed by atoms with van der Waals surface area (Å²) in [5.74, 6) is 0.951.